The maximum Gasteiger partial charge on any atom is 0.228 e. The van der Waals surface area contributed by atoms with E-state index in [1.807, 2.05) is 12.1 Å². The molecule has 31 heavy (non-hydrogen) atoms. The fraction of sp³-hybridized carbons (Fsp3) is 0.227. The molecule has 1 aromatic carbocycles. The highest BCUT2D eigenvalue weighted by Gasteiger charge is 2.24. The number of nitrogens with zero attached hydrogens (tertiary/aromatic N) is 3. The molecule has 0 atom stereocenters. The molecule has 0 unspecified atom stereocenters. The molecule has 2 aliphatic rings. The van der Waals surface area contributed by atoms with Gasteiger partial charge in [0, 0.05) is 29.4 Å². The lowest BCUT2D eigenvalue weighted by atomic mass is 10.1. The van der Waals surface area contributed by atoms with Crippen LogP contribution in [-0.4, -0.2) is 33.7 Å². The van der Waals surface area contributed by atoms with Crippen molar-refractivity contribution in [2.75, 3.05) is 17.7 Å². The van der Waals surface area contributed by atoms with E-state index >= 15 is 0 Å². The number of fused-ring (bicyclic) bond motifs is 1. The molecule has 1 aliphatic heterocycles. The average Bonchev–Trinajstić information content (AvgIpc) is 3.37. The van der Waals surface area contributed by atoms with Crippen molar-refractivity contribution in [3.63, 3.8) is 0 Å². The number of rotatable bonds is 6. The highest BCUT2D eigenvalue weighted by atomic mass is 19.1. The summed E-state index contributed by atoms with van der Waals surface area (Å²) in [5, 5.41) is 13.8. The van der Waals surface area contributed by atoms with E-state index in [4.69, 9.17) is 9.72 Å². The molecular formula is C22H21FN6O2. The molecule has 0 spiro atoms. The molecule has 2 fully saturated rings. The number of hydrogen-bond acceptors (Lipinski definition) is 6. The average molecular weight is 420 g/mol. The Hall–Kier alpha value is -3.88. The van der Waals surface area contributed by atoms with Gasteiger partial charge in [-0.15, -0.1) is 0 Å². The lowest BCUT2D eigenvalue weighted by Gasteiger charge is -2.13. The SMILES string of the molecule is C=C1NC(=O)C/C1=C\c1cnn2c(NC3CC3)cc(Nc3cc(F)ccc3OC)nc12. The number of carbonyl (C=O) groups excluding carboxylic acids is 1. The van der Waals surface area contributed by atoms with E-state index in [1.54, 1.807) is 16.8 Å². The Morgan fingerprint density at radius 3 is 2.90 bits per heavy atom. The van der Waals surface area contributed by atoms with E-state index in [-0.39, 0.29) is 18.1 Å². The Balaban J connectivity index is 1.59. The Bertz CT molecular complexity index is 1240. The molecule has 1 saturated heterocycles. The molecule has 0 radical (unpaired) electrons. The van der Waals surface area contributed by atoms with Gasteiger partial charge in [0.2, 0.25) is 5.91 Å². The van der Waals surface area contributed by atoms with E-state index in [0.29, 0.717) is 34.6 Å². The zero-order valence-electron chi connectivity index (χ0n) is 16.9. The normalized spacial score (nSPS) is 17.3. The number of benzene rings is 1. The fourth-order valence-corrected chi connectivity index (χ4v) is 3.50. The van der Waals surface area contributed by atoms with E-state index in [1.165, 1.54) is 19.2 Å². The molecule has 0 bridgehead atoms. The van der Waals surface area contributed by atoms with Crippen LogP contribution in [0.5, 0.6) is 5.75 Å². The highest BCUT2D eigenvalue weighted by molar-refractivity contribution is 5.89. The van der Waals surface area contributed by atoms with E-state index in [9.17, 15) is 9.18 Å². The number of carbonyl (C=O) groups is 1. The Labute approximate surface area is 177 Å². The predicted molar refractivity (Wildman–Crippen MR) is 116 cm³/mol. The van der Waals surface area contributed by atoms with Gasteiger partial charge in [-0.2, -0.15) is 9.61 Å². The third-order valence-electron chi connectivity index (χ3n) is 5.21. The first kappa shape index (κ1) is 19.1. The van der Waals surface area contributed by atoms with Crippen LogP contribution >= 0.6 is 0 Å². The number of halogens is 1. The minimum Gasteiger partial charge on any atom is -0.495 e. The van der Waals surface area contributed by atoms with Crippen molar-refractivity contribution in [1.29, 1.82) is 0 Å². The summed E-state index contributed by atoms with van der Waals surface area (Å²) in [6, 6.07) is 6.48. The van der Waals surface area contributed by atoms with Crippen LogP contribution in [0.3, 0.4) is 0 Å². The van der Waals surface area contributed by atoms with Gasteiger partial charge in [0.1, 0.15) is 23.2 Å². The van der Waals surface area contributed by atoms with Crippen molar-refractivity contribution in [2.24, 2.45) is 0 Å². The molecule has 9 heteroatoms. The summed E-state index contributed by atoms with van der Waals surface area (Å²) in [6.07, 6.45) is 6.02. The van der Waals surface area contributed by atoms with Crippen molar-refractivity contribution < 1.29 is 13.9 Å². The molecule has 3 aromatic rings. The van der Waals surface area contributed by atoms with Crippen LogP contribution in [0.2, 0.25) is 0 Å². The number of hydrogen-bond donors (Lipinski definition) is 3. The minimum atomic E-state index is -0.382. The molecule has 158 valence electrons. The third-order valence-corrected chi connectivity index (χ3v) is 5.21. The number of amides is 1. The number of allylic oxidation sites excluding steroid dienone is 1. The second kappa shape index (κ2) is 7.42. The molecule has 1 aliphatic carbocycles. The van der Waals surface area contributed by atoms with Gasteiger partial charge in [0.15, 0.2) is 5.65 Å². The smallest absolute Gasteiger partial charge is 0.228 e. The highest BCUT2D eigenvalue weighted by Crippen LogP contribution is 2.32. The van der Waals surface area contributed by atoms with Crippen LogP contribution in [0.1, 0.15) is 24.8 Å². The van der Waals surface area contributed by atoms with Gasteiger partial charge >= 0.3 is 0 Å². The fourth-order valence-electron chi connectivity index (χ4n) is 3.50. The van der Waals surface area contributed by atoms with Gasteiger partial charge in [-0.25, -0.2) is 9.37 Å². The number of nitrogens with one attached hydrogen (secondary N) is 3. The first-order chi connectivity index (χ1) is 15.0. The maximum atomic E-state index is 13.8. The Morgan fingerprint density at radius 1 is 1.35 bits per heavy atom. The third kappa shape index (κ3) is 3.81. The zero-order valence-corrected chi connectivity index (χ0v) is 16.9. The second-order valence-electron chi connectivity index (χ2n) is 7.62. The van der Waals surface area contributed by atoms with Gasteiger partial charge in [0.25, 0.3) is 0 Å². The summed E-state index contributed by atoms with van der Waals surface area (Å²) >= 11 is 0. The first-order valence-corrected chi connectivity index (χ1v) is 9.96. The lowest BCUT2D eigenvalue weighted by molar-refractivity contribution is -0.118. The summed E-state index contributed by atoms with van der Waals surface area (Å²) in [7, 11) is 1.53. The van der Waals surface area contributed by atoms with Crippen molar-refractivity contribution in [3.8, 4) is 5.75 Å². The minimum absolute atomic E-state index is 0.0858. The summed E-state index contributed by atoms with van der Waals surface area (Å²) in [4.78, 5) is 16.4. The molecule has 2 aromatic heterocycles. The maximum absolute atomic E-state index is 13.8. The van der Waals surface area contributed by atoms with Crippen molar-refractivity contribution in [3.05, 3.63) is 59.7 Å². The monoisotopic (exact) mass is 420 g/mol. The summed E-state index contributed by atoms with van der Waals surface area (Å²) in [5.41, 5.74) is 3.20. The molecule has 1 saturated carbocycles. The number of methoxy groups -OCH3 is 1. The Kier molecular flexibility index (Phi) is 4.58. The number of ether oxygens (including phenoxy) is 1. The molecule has 1 amide bonds. The first-order valence-electron chi connectivity index (χ1n) is 9.96. The number of anilines is 3. The summed E-state index contributed by atoms with van der Waals surface area (Å²) in [6.45, 7) is 3.89. The quantitative estimate of drug-likeness (QED) is 0.564. The largest absolute Gasteiger partial charge is 0.495 e. The van der Waals surface area contributed by atoms with Gasteiger partial charge < -0.3 is 20.7 Å². The van der Waals surface area contributed by atoms with Gasteiger partial charge in [-0.3, -0.25) is 4.79 Å². The lowest BCUT2D eigenvalue weighted by Crippen LogP contribution is -2.10. The van der Waals surface area contributed by atoms with E-state index < -0.39 is 0 Å². The molecule has 8 nitrogen and oxygen atoms in total. The van der Waals surface area contributed by atoms with Crippen molar-refractivity contribution >= 4 is 35.0 Å². The standard InChI is InChI=1S/C22H21FN6O2/c1-12-13(8-21(30)25-12)7-14-11-24-29-20(26-16-4-5-16)10-19(28-22(14)29)27-17-9-15(23)3-6-18(17)31-2/h3,6-7,9-11,16,26H,1,4-5,8H2,2H3,(H,25,30)(H,27,28)/b13-7+. The molecule has 3 N–H and O–H groups in total. The topological polar surface area (TPSA) is 92.6 Å². The van der Waals surface area contributed by atoms with Crippen molar-refractivity contribution in [1.82, 2.24) is 19.9 Å². The van der Waals surface area contributed by atoms with Crippen molar-refractivity contribution in [2.45, 2.75) is 25.3 Å². The van der Waals surface area contributed by atoms with E-state index in [2.05, 4.69) is 27.6 Å². The van der Waals surface area contributed by atoms with Crippen LogP contribution in [-0.2, 0) is 4.79 Å². The second-order valence-corrected chi connectivity index (χ2v) is 7.62. The van der Waals surface area contributed by atoms with Crippen LogP contribution in [0.25, 0.3) is 11.7 Å². The van der Waals surface area contributed by atoms with Gasteiger partial charge in [-0.05, 0) is 36.6 Å². The molecular weight excluding hydrogens is 399 g/mol. The predicted octanol–water partition coefficient (Wildman–Crippen LogP) is 3.61. The van der Waals surface area contributed by atoms with Gasteiger partial charge in [-0.1, -0.05) is 6.58 Å². The van der Waals surface area contributed by atoms with Crippen LogP contribution in [0.4, 0.5) is 21.7 Å². The van der Waals surface area contributed by atoms with E-state index in [0.717, 1.165) is 29.8 Å². The Morgan fingerprint density at radius 2 is 2.19 bits per heavy atom. The summed E-state index contributed by atoms with van der Waals surface area (Å²) < 4.78 is 20.9. The zero-order chi connectivity index (χ0) is 21.5. The van der Waals surface area contributed by atoms with Crippen LogP contribution < -0.4 is 20.7 Å². The van der Waals surface area contributed by atoms with Gasteiger partial charge in [0.05, 0.1) is 25.4 Å². The van der Waals surface area contributed by atoms with Crippen LogP contribution in [0, 0.1) is 5.82 Å². The van der Waals surface area contributed by atoms with Crippen LogP contribution in [0.15, 0.2) is 48.3 Å². The summed E-state index contributed by atoms with van der Waals surface area (Å²) in [5.74, 6) is 1.32. The molecule has 5 rings (SSSR count). The number of aromatic nitrogens is 3. The molecule has 3 heterocycles.